The van der Waals surface area contributed by atoms with Gasteiger partial charge in [-0.05, 0) is 73.6 Å². The molecule has 170 valence electrons. The second kappa shape index (κ2) is 7.49. The number of hydrogen-bond acceptors (Lipinski definition) is 3. The molecule has 0 radical (unpaired) electrons. The molecule has 1 saturated heterocycles. The van der Waals surface area contributed by atoms with Crippen molar-refractivity contribution in [2.45, 2.75) is 57.8 Å². The zero-order chi connectivity index (χ0) is 22.7. The van der Waals surface area contributed by atoms with Crippen LogP contribution in [0.5, 0.6) is 0 Å². The molecule has 2 amide bonds. The first-order valence-electron chi connectivity index (χ1n) is 11.7. The Morgan fingerprint density at radius 2 is 1.97 bits per heavy atom. The molecule has 0 unspecified atom stereocenters. The zero-order valence-electron chi connectivity index (χ0n) is 18.9. The van der Waals surface area contributed by atoms with Gasteiger partial charge in [-0.3, -0.25) is 0 Å². The second-order valence-corrected chi connectivity index (χ2v) is 10.0. The van der Waals surface area contributed by atoms with Crippen LogP contribution in [-0.4, -0.2) is 40.8 Å². The highest BCUT2D eigenvalue weighted by Crippen LogP contribution is 2.70. The van der Waals surface area contributed by atoms with E-state index in [9.17, 15) is 13.6 Å². The highest BCUT2D eigenvalue weighted by molar-refractivity contribution is 5.74. The van der Waals surface area contributed by atoms with Gasteiger partial charge in [-0.25, -0.2) is 13.6 Å². The van der Waals surface area contributed by atoms with Gasteiger partial charge in [0.25, 0.3) is 0 Å². The van der Waals surface area contributed by atoms with Gasteiger partial charge in [0.2, 0.25) is 0 Å². The number of carbonyl (C=O) groups is 1. The molecule has 3 aliphatic rings. The third-order valence-corrected chi connectivity index (χ3v) is 8.42. The van der Waals surface area contributed by atoms with Gasteiger partial charge in [-0.15, -0.1) is 0 Å². The zero-order valence-corrected chi connectivity index (χ0v) is 18.9. The molecule has 1 saturated carbocycles. The summed E-state index contributed by atoms with van der Waals surface area (Å²) in [7, 11) is 0. The van der Waals surface area contributed by atoms with E-state index in [1.54, 1.807) is 0 Å². The van der Waals surface area contributed by atoms with Gasteiger partial charge in [-0.1, -0.05) is 19.9 Å². The third-order valence-electron chi connectivity index (χ3n) is 8.42. The molecule has 5 nitrogen and oxygen atoms in total. The number of rotatable bonds is 3. The summed E-state index contributed by atoms with van der Waals surface area (Å²) < 4.78 is 28.8. The van der Waals surface area contributed by atoms with Crippen LogP contribution in [-0.2, 0) is 5.41 Å². The summed E-state index contributed by atoms with van der Waals surface area (Å²) in [5, 5.41) is 11.9. The Morgan fingerprint density at radius 1 is 1.22 bits per heavy atom. The largest absolute Gasteiger partial charge is 0.338 e. The molecule has 2 heterocycles. The highest BCUT2D eigenvalue weighted by atomic mass is 19.1. The lowest BCUT2D eigenvalue weighted by Crippen LogP contribution is -2.53. The van der Waals surface area contributed by atoms with E-state index in [0.717, 1.165) is 43.5 Å². The lowest BCUT2D eigenvalue weighted by Gasteiger charge is -2.48. The average molecular weight is 441 g/mol. The standard InChI is InChI=1S/C25H30F2N4O/c1-4-28-23(32)31-12-6-7-15(14-31)25-11-10-17(24(25,2)3)16-13-20(29-30-22(16)25)21-18(26)8-5-9-19(21)27/h5,8-9,13,15,17H,4,6-7,10-12,14H2,1-3H3,(H,28,32)/t15-,17-,25-/m0/s1. The summed E-state index contributed by atoms with van der Waals surface area (Å²) >= 11 is 0. The van der Waals surface area contributed by atoms with Crippen molar-refractivity contribution in [3.05, 3.63) is 47.2 Å². The first-order valence-corrected chi connectivity index (χ1v) is 11.7. The van der Waals surface area contributed by atoms with Gasteiger partial charge in [0.05, 0.1) is 17.0 Å². The minimum Gasteiger partial charge on any atom is -0.338 e. The summed E-state index contributed by atoms with van der Waals surface area (Å²) in [5.41, 5.74) is 1.94. The molecular weight excluding hydrogens is 410 g/mol. The van der Waals surface area contributed by atoms with E-state index in [0.29, 0.717) is 13.1 Å². The minimum atomic E-state index is -0.624. The van der Waals surface area contributed by atoms with E-state index in [1.807, 2.05) is 17.9 Å². The van der Waals surface area contributed by atoms with Crippen molar-refractivity contribution >= 4 is 6.03 Å². The van der Waals surface area contributed by atoms with Crippen LogP contribution in [0.15, 0.2) is 24.3 Å². The Balaban J connectivity index is 1.56. The van der Waals surface area contributed by atoms with E-state index < -0.39 is 11.6 Å². The van der Waals surface area contributed by atoms with Crippen LogP contribution >= 0.6 is 0 Å². The number of nitrogens with one attached hydrogen (secondary N) is 1. The number of piperidine rings is 1. The van der Waals surface area contributed by atoms with Gasteiger partial charge < -0.3 is 10.2 Å². The van der Waals surface area contributed by atoms with Crippen molar-refractivity contribution < 1.29 is 13.6 Å². The molecule has 2 aliphatic carbocycles. The molecule has 32 heavy (non-hydrogen) atoms. The maximum absolute atomic E-state index is 14.4. The number of fused-ring (bicyclic) bond motifs is 5. The molecule has 2 aromatic rings. The van der Waals surface area contributed by atoms with E-state index in [-0.39, 0.29) is 40.0 Å². The normalized spacial score (nSPS) is 28.0. The SMILES string of the molecule is CCNC(=O)N1CCC[C@H]([C@@]23CC[C@@H](c4cc(-c5c(F)cccc5F)nnc42)C3(C)C)C1. The van der Waals surface area contributed by atoms with Gasteiger partial charge in [-0.2, -0.15) is 10.2 Å². The lowest BCUT2D eigenvalue weighted by atomic mass is 9.59. The van der Waals surface area contributed by atoms with Crippen molar-refractivity contribution in [2.24, 2.45) is 11.3 Å². The Kier molecular flexibility index (Phi) is 4.98. The number of aromatic nitrogens is 2. The predicted octanol–water partition coefficient (Wildman–Crippen LogP) is 5.02. The summed E-state index contributed by atoms with van der Waals surface area (Å²) in [6.07, 6.45) is 4.03. The second-order valence-electron chi connectivity index (χ2n) is 10.0. The van der Waals surface area contributed by atoms with Crippen molar-refractivity contribution in [1.82, 2.24) is 20.4 Å². The van der Waals surface area contributed by atoms with Crippen LogP contribution < -0.4 is 5.32 Å². The van der Waals surface area contributed by atoms with Crippen LogP contribution in [0.3, 0.4) is 0 Å². The molecule has 1 aromatic heterocycles. The van der Waals surface area contributed by atoms with E-state index in [2.05, 4.69) is 29.4 Å². The van der Waals surface area contributed by atoms with Crippen molar-refractivity contribution in [1.29, 1.82) is 0 Å². The van der Waals surface area contributed by atoms with Crippen LogP contribution in [0.4, 0.5) is 13.6 Å². The topological polar surface area (TPSA) is 58.1 Å². The molecule has 1 N–H and O–H groups in total. The Labute approximate surface area is 187 Å². The molecule has 2 fully saturated rings. The van der Waals surface area contributed by atoms with Crippen molar-refractivity contribution in [3.63, 3.8) is 0 Å². The number of nitrogens with zero attached hydrogens (tertiary/aromatic N) is 3. The molecule has 1 aliphatic heterocycles. The Hall–Kier alpha value is -2.57. The van der Waals surface area contributed by atoms with E-state index >= 15 is 0 Å². The van der Waals surface area contributed by atoms with Gasteiger partial charge in [0.15, 0.2) is 0 Å². The molecule has 5 rings (SSSR count). The van der Waals surface area contributed by atoms with Gasteiger partial charge >= 0.3 is 6.03 Å². The molecular formula is C25H30F2N4O. The minimum absolute atomic E-state index is 0.00404. The number of urea groups is 1. The van der Waals surface area contributed by atoms with Crippen molar-refractivity contribution in [3.8, 4) is 11.3 Å². The quantitative estimate of drug-likeness (QED) is 0.729. The van der Waals surface area contributed by atoms with Crippen LogP contribution in [0.2, 0.25) is 0 Å². The molecule has 2 bridgehead atoms. The summed E-state index contributed by atoms with van der Waals surface area (Å²) in [6, 6.07) is 5.72. The fraction of sp³-hybridized carbons (Fsp3) is 0.560. The highest BCUT2D eigenvalue weighted by Gasteiger charge is 2.66. The third kappa shape index (κ3) is 2.82. The van der Waals surface area contributed by atoms with Crippen LogP contribution in [0, 0.1) is 23.0 Å². The van der Waals surface area contributed by atoms with Gasteiger partial charge in [0.1, 0.15) is 11.6 Å². The van der Waals surface area contributed by atoms with E-state index in [4.69, 9.17) is 0 Å². The molecule has 1 aromatic carbocycles. The number of hydrogen-bond donors (Lipinski definition) is 1. The maximum atomic E-state index is 14.4. The molecule has 3 atom stereocenters. The fourth-order valence-corrected chi connectivity index (χ4v) is 6.97. The average Bonchev–Trinajstić information content (AvgIpc) is 3.15. The van der Waals surface area contributed by atoms with Crippen LogP contribution in [0.1, 0.15) is 63.6 Å². The first kappa shape index (κ1) is 21.3. The summed E-state index contributed by atoms with van der Waals surface area (Å²) in [6.45, 7) is 8.60. The summed E-state index contributed by atoms with van der Waals surface area (Å²) in [4.78, 5) is 14.5. The number of likely N-dealkylation sites (tertiary alicyclic amines) is 1. The smallest absolute Gasteiger partial charge is 0.317 e. The van der Waals surface area contributed by atoms with E-state index in [1.165, 1.54) is 18.2 Å². The maximum Gasteiger partial charge on any atom is 0.317 e. The predicted molar refractivity (Wildman–Crippen MR) is 118 cm³/mol. The Bertz CT molecular complexity index is 1050. The van der Waals surface area contributed by atoms with Crippen molar-refractivity contribution in [2.75, 3.05) is 19.6 Å². The molecule has 0 spiro atoms. The Morgan fingerprint density at radius 3 is 2.69 bits per heavy atom. The molecule has 7 heteroatoms. The lowest BCUT2D eigenvalue weighted by molar-refractivity contribution is 0.0679. The first-order chi connectivity index (χ1) is 15.3. The number of amides is 2. The summed E-state index contributed by atoms with van der Waals surface area (Å²) in [5.74, 6) is -0.700. The number of benzene rings is 1. The monoisotopic (exact) mass is 440 g/mol. The number of carbonyl (C=O) groups excluding carboxylic acids is 1. The number of halogens is 2. The fourth-order valence-electron chi connectivity index (χ4n) is 6.97. The van der Waals surface area contributed by atoms with Crippen LogP contribution in [0.25, 0.3) is 11.3 Å². The van der Waals surface area contributed by atoms with Gasteiger partial charge in [0, 0.05) is 25.0 Å².